The van der Waals surface area contributed by atoms with E-state index in [-0.39, 0.29) is 5.75 Å². The smallest absolute Gasteiger partial charge is 0.182 e. The Morgan fingerprint density at radius 1 is 1.00 bits per heavy atom. The van der Waals surface area contributed by atoms with Crippen LogP contribution >= 0.6 is 0 Å². The van der Waals surface area contributed by atoms with Crippen molar-refractivity contribution in [3.05, 3.63) is 66.6 Å². The molecule has 5 aromatic rings. The summed E-state index contributed by atoms with van der Waals surface area (Å²) in [5.41, 5.74) is 4.26. The molecule has 0 atom stereocenters. The maximum Gasteiger partial charge on any atom is 0.182 e. The van der Waals surface area contributed by atoms with Gasteiger partial charge in [-0.25, -0.2) is 19.2 Å². The molecule has 0 radical (unpaired) electrons. The lowest BCUT2D eigenvalue weighted by molar-refractivity contribution is 0.475. The van der Waals surface area contributed by atoms with Crippen molar-refractivity contribution in [2.75, 3.05) is 0 Å². The molecule has 3 heterocycles. The number of aromatic hydroxyl groups is 1. The van der Waals surface area contributed by atoms with Crippen LogP contribution in [0.1, 0.15) is 5.56 Å². The number of fused-ring (bicyclic) bond motifs is 3. The summed E-state index contributed by atoms with van der Waals surface area (Å²) in [5, 5.41) is 19.4. The van der Waals surface area contributed by atoms with Crippen LogP contribution in [0.15, 0.2) is 61.1 Å². The van der Waals surface area contributed by atoms with Gasteiger partial charge in [-0.2, -0.15) is 5.10 Å². The molecule has 0 amide bonds. The quantitative estimate of drug-likeness (QED) is 0.533. The Kier molecular flexibility index (Phi) is 3.02. The molecule has 7 nitrogen and oxygen atoms in total. The first-order valence-corrected chi connectivity index (χ1v) is 8.14. The van der Waals surface area contributed by atoms with E-state index in [2.05, 4.69) is 20.2 Å². The third-order valence-electron chi connectivity index (χ3n) is 4.29. The van der Waals surface area contributed by atoms with Crippen LogP contribution in [-0.2, 0) is 0 Å². The third-order valence-corrected chi connectivity index (χ3v) is 4.29. The standard InChI is InChI=1S/C19H14N6O/c1-12-5-7-14(8-6-12)25-18-16(10-21-25)19-22-17(23-24(19)11-20-18)13-3-2-4-15(26)9-13/h2-11,26H,1H3. The average Bonchev–Trinajstić information content (AvgIpc) is 3.26. The molecular formula is C19H14N6O. The summed E-state index contributed by atoms with van der Waals surface area (Å²) in [6.45, 7) is 2.05. The van der Waals surface area contributed by atoms with E-state index in [9.17, 15) is 5.11 Å². The summed E-state index contributed by atoms with van der Waals surface area (Å²) in [7, 11) is 0. The van der Waals surface area contributed by atoms with E-state index >= 15 is 0 Å². The molecule has 1 N–H and O–H groups in total. The van der Waals surface area contributed by atoms with Crippen LogP contribution in [0.5, 0.6) is 5.75 Å². The summed E-state index contributed by atoms with van der Waals surface area (Å²) in [5.74, 6) is 0.704. The normalized spacial score (nSPS) is 11.4. The molecule has 0 fully saturated rings. The first kappa shape index (κ1) is 14.6. The largest absolute Gasteiger partial charge is 0.508 e. The number of nitrogens with zero attached hydrogens (tertiary/aromatic N) is 6. The molecule has 3 aromatic heterocycles. The number of benzene rings is 2. The van der Waals surface area contributed by atoms with Crippen molar-refractivity contribution in [3.63, 3.8) is 0 Å². The molecule has 0 aliphatic heterocycles. The minimum atomic E-state index is 0.178. The lowest BCUT2D eigenvalue weighted by Gasteiger charge is -2.03. The highest BCUT2D eigenvalue weighted by molar-refractivity contribution is 5.90. The van der Waals surface area contributed by atoms with Gasteiger partial charge in [0.2, 0.25) is 0 Å². The predicted molar refractivity (Wildman–Crippen MR) is 97.2 cm³/mol. The Morgan fingerprint density at radius 3 is 2.65 bits per heavy atom. The molecule has 5 rings (SSSR count). The van der Waals surface area contributed by atoms with E-state index in [1.165, 1.54) is 5.56 Å². The van der Waals surface area contributed by atoms with E-state index in [4.69, 9.17) is 0 Å². The van der Waals surface area contributed by atoms with Gasteiger partial charge in [-0.05, 0) is 31.2 Å². The summed E-state index contributed by atoms with van der Waals surface area (Å²) in [6.07, 6.45) is 3.38. The molecule has 0 aliphatic carbocycles. The molecule has 0 spiro atoms. The summed E-state index contributed by atoms with van der Waals surface area (Å²) in [4.78, 5) is 9.12. The first-order chi connectivity index (χ1) is 12.7. The van der Waals surface area contributed by atoms with E-state index in [1.54, 1.807) is 39.9 Å². The SMILES string of the molecule is Cc1ccc(-n2ncc3c2ncn2nc(-c4cccc(O)c4)nc32)cc1. The van der Waals surface area contributed by atoms with Crippen LogP contribution in [0, 0.1) is 6.92 Å². The number of aryl methyl sites for hydroxylation is 1. The molecule has 0 aliphatic rings. The highest BCUT2D eigenvalue weighted by Gasteiger charge is 2.14. The second kappa shape index (κ2) is 5.38. The van der Waals surface area contributed by atoms with Crippen LogP contribution in [0.25, 0.3) is 33.8 Å². The maximum atomic E-state index is 9.68. The monoisotopic (exact) mass is 342 g/mol. The van der Waals surface area contributed by atoms with Gasteiger partial charge in [0.1, 0.15) is 12.1 Å². The van der Waals surface area contributed by atoms with Gasteiger partial charge < -0.3 is 5.11 Å². The number of phenolic OH excluding ortho intramolecular Hbond substituents is 1. The predicted octanol–water partition coefficient (Wildman–Crippen LogP) is 3.14. The summed E-state index contributed by atoms with van der Waals surface area (Å²) >= 11 is 0. The molecule has 7 heteroatoms. The van der Waals surface area contributed by atoms with Gasteiger partial charge in [-0.3, -0.25) is 0 Å². The third kappa shape index (κ3) is 2.21. The van der Waals surface area contributed by atoms with Crippen LogP contribution in [0.3, 0.4) is 0 Å². The number of rotatable bonds is 2. The lowest BCUT2D eigenvalue weighted by atomic mass is 10.2. The van der Waals surface area contributed by atoms with Crippen molar-refractivity contribution in [2.45, 2.75) is 6.92 Å². The van der Waals surface area contributed by atoms with Crippen LogP contribution in [-0.4, -0.2) is 34.5 Å². The molecule has 2 aromatic carbocycles. The van der Waals surface area contributed by atoms with Crippen molar-refractivity contribution in [1.82, 2.24) is 29.4 Å². The van der Waals surface area contributed by atoms with Crippen LogP contribution in [0.4, 0.5) is 0 Å². The van der Waals surface area contributed by atoms with E-state index in [0.29, 0.717) is 11.5 Å². The Balaban J connectivity index is 1.70. The van der Waals surface area contributed by atoms with Gasteiger partial charge in [0.25, 0.3) is 0 Å². The van der Waals surface area contributed by atoms with Crippen molar-refractivity contribution in [1.29, 1.82) is 0 Å². The molecule has 0 saturated heterocycles. The average molecular weight is 342 g/mol. The van der Waals surface area contributed by atoms with Gasteiger partial charge in [-0.1, -0.05) is 29.8 Å². The second-order valence-electron chi connectivity index (χ2n) is 6.13. The zero-order valence-electron chi connectivity index (χ0n) is 13.9. The summed E-state index contributed by atoms with van der Waals surface area (Å²) < 4.78 is 3.42. The molecule has 0 unspecified atom stereocenters. The molecule has 126 valence electrons. The number of hydrogen-bond acceptors (Lipinski definition) is 5. The Bertz CT molecular complexity index is 1250. The first-order valence-electron chi connectivity index (χ1n) is 8.14. The molecular weight excluding hydrogens is 328 g/mol. The van der Waals surface area contributed by atoms with E-state index in [1.807, 2.05) is 37.3 Å². The lowest BCUT2D eigenvalue weighted by Crippen LogP contribution is -1.98. The zero-order chi connectivity index (χ0) is 17.7. The van der Waals surface area contributed by atoms with Crippen LogP contribution in [0.2, 0.25) is 0 Å². The minimum Gasteiger partial charge on any atom is -0.508 e. The minimum absolute atomic E-state index is 0.178. The van der Waals surface area contributed by atoms with E-state index < -0.39 is 0 Å². The second-order valence-corrected chi connectivity index (χ2v) is 6.13. The van der Waals surface area contributed by atoms with Gasteiger partial charge >= 0.3 is 0 Å². The Hall–Kier alpha value is -3.74. The van der Waals surface area contributed by atoms with Crippen molar-refractivity contribution in [3.8, 4) is 22.8 Å². The highest BCUT2D eigenvalue weighted by atomic mass is 16.3. The van der Waals surface area contributed by atoms with Crippen LogP contribution < -0.4 is 0 Å². The van der Waals surface area contributed by atoms with Gasteiger partial charge in [0.15, 0.2) is 17.1 Å². The van der Waals surface area contributed by atoms with Crippen molar-refractivity contribution in [2.24, 2.45) is 0 Å². The summed E-state index contributed by atoms with van der Waals surface area (Å²) in [6, 6.07) is 15.0. The van der Waals surface area contributed by atoms with E-state index in [0.717, 1.165) is 22.3 Å². The molecule has 0 saturated carbocycles. The number of hydrogen-bond donors (Lipinski definition) is 1. The maximum absolute atomic E-state index is 9.68. The highest BCUT2D eigenvalue weighted by Crippen LogP contribution is 2.24. The number of phenols is 1. The Morgan fingerprint density at radius 2 is 1.85 bits per heavy atom. The fourth-order valence-electron chi connectivity index (χ4n) is 2.96. The number of aromatic nitrogens is 6. The van der Waals surface area contributed by atoms with Gasteiger partial charge in [0, 0.05) is 5.56 Å². The van der Waals surface area contributed by atoms with Crippen molar-refractivity contribution >= 4 is 16.7 Å². The topological polar surface area (TPSA) is 81.1 Å². The van der Waals surface area contributed by atoms with Crippen molar-refractivity contribution < 1.29 is 5.11 Å². The van der Waals surface area contributed by atoms with Gasteiger partial charge in [-0.15, -0.1) is 5.10 Å². The fraction of sp³-hybridized carbons (Fsp3) is 0.0526. The Labute approximate surface area is 148 Å². The fourth-order valence-corrected chi connectivity index (χ4v) is 2.96. The van der Waals surface area contributed by atoms with Gasteiger partial charge in [0.05, 0.1) is 17.3 Å². The molecule has 0 bridgehead atoms. The molecule has 26 heavy (non-hydrogen) atoms. The zero-order valence-corrected chi connectivity index (χ0v) is 13.9.